The molecular formula is C15H15BrFNO2. The van der Waals surface area contributed by atoms with Gasteiger partial charge < -0.3 is 15.2 Å². The molecule has 1 unspecified atom stereocenters. The van der Waals surface area contributed by atoms with Gasteiger partial charge in [-0.15, -0.1) is 0 Å². The fraction of sp³-hybridized carbons (Fsp3) is 0.200. The second-order valence-electron chi connectivity index (χ2n) is 4.16. The van der Waals surface area contributed by atoms with Crippen molar-refractivity contribution >= 4 is 15.9 Å². The van der Waals surface area contributed by atoms with E-state index in [1.165, 1.54) is 6.07 Å². The lowest BCUT2D eigenvalue weighted by Crippen LogP contribution is -2.19. The molecule has 0 radical (unpaired) electrons. The lowest BCUT2D eigenvalue weighted by Gasteiger charge is -2.20. The van der Waals surface area contributed by atoms with E-state index >= 15 is 0 Å². The molecule has 1 atom stereocenters. The van der Waals surface area contributed by atoms with Crippen molar-refractivity contribution in [3.8, 4) is 11.5 Å². The quantitative estimate of drug-likeness (QED) is 0.903. The molecule has 0 aliphatic carbocycles. The summed E-state index contributed by atoms with van der Waals surface area (Å²) in [7, 11) is 1.58. The Labute approximate surface area is 125 Å². The molecular weight excluding hydrogens is 325 g/mol. The molecule has 0 saturated carbocycles. The summed E-state index contributed by atoms with van der Waals surface area (Å²) >= 11 is 3.21. The lowest BCUT2D eigenvalue weighted by atomic mass is 10.1. The highest BCUT2D eigenvalue weighted by molar-refractivity contribution is 9.10. The van der Waals surface area contributed by atoms with Crippen molar-refractivity contribution in [2.24, 2.45) is 5.73 Å². The zero-order valence-electron chi connectivity index (χ0n) is 11.0. The molecule has 0 aliphatic heterocycles. The van der Waals surface area contributed by atoms with Gasteiger partial charge in [-0.1, -0.05) is 34.1 Å². The van der Waals surface area contributed by atoms with Gasteiger partial charge in [0.15, 0.2) is 11.6 Å². The smallest absolute Gasteiger partial charge is 0.166 e. The Kier molecular flexibility index (Phi) is 4.98. The van der Waals surface area contributed by atoms with Crippen LogP contribution in [0.3, 0.4) is 0 Å². The first-order valence-corrected chi connectivity index (χ1v) is 6.89. The lowest BCUT2D eigenvalue weighted by molar-refractivity contribution is 0.199. The molecule has 0 fully saturated rings. The van der Waals surface area contributed by atoms with E-state index in [-0.39, 0.29) is 12.3 Å². The van der Waals surface area contributed by atoms with Gasteiger partial charge >= 0.3 is 0 Å². The third kappa shape index (κ3) is 3.29. The number of methoxy groups -OCH3 is 1. The summed E-state index contributed by atoms with van der Waals surface area (Å²) < 4.78 is 25.4. The van der Waals surface area contributed by atoms with Crippen LogP contribution in [0.25, 0.3) is 0 Å². The van der Waals surface area contributed by atoms with Gasteiger partial charge in [0.1, 0.15) is 11.9 Å². The molecule has 2 rings (SSSR count). The number of ether oxygens (including phenoxy) is 2. The van der Waals surface area contributed by atoms with E-state index in [2.05, 4.69) is 15.9 Å². The summed E-state index contributed by atoms with van der Waals surface area (Å²) in [5.41, 5.74) is 6.54. The van der Waals surface area contributed by atoms with Gasteiger partial charge in [0.05, 0.1) is 7.11 Å². The van der Waals surface area contributed by atoms with Crippen LogP contribution >= 0.6 is 15.9 Å². The molecule has 0 aromatic heterocycles. The summed E-state index contributed by atoms with van der Waals surface area (Å²) in [6.45, 7) is 0.218. The SMILES string of the molecule is COc1ccccc1C(CN)Oc1ccc(Br)cc1F. The number of hydrogen-bond acceptors (Lipinski definition) is 3. The zero-order valence-corrected chi connectivity index (χ0v) is 12.6. The maximum absolute atomic E-state index is 13.8. The molecule has 0 spiro atoms. The molecule has 0 aliphatic rings. The second kappa shape index (κ2) is 6.72. The van der Waals surface area contributed by atoms with Gasteiger partial charge in [-0.3, -0.25) is 0 Å². The molecule has 20 heavy (non-hydrogen) atoms. The van der Waals surface area contributed by atoms with Gasteiger partial charge in [0.2, 0.25) is 0 Å². The van der Waals surface area contributed by atoms with Crippen molar-refractivity contribution in [3.05, 3.63) is 58.3 Å². The highest BCUT2D eigenvalue weighted by atomic mass is 79.9. The Bertz CT molecular complexity index is 592. The van der Waals surface area contributed by atoms with Crippen LogP contribution < -0.4 is 15.2 Å². The minimum absolute atomic E-state index is 0.162. The van der Waals surface area contributed by atoms with Gasteiger partial charge in [0.25, 0.3) is 0 Å². The van der Waals surface area contributed by atoms with Crippen LogP contribution in [0, 0.1) is 5.82 Å². The van der Waals surface area contributed by atoms with Crippen LogP contribution in [0.15, 0.2) is 46.9 Å². The molecule has 2 aromatic carbocycles. The Hall–Kier alpha value is -1.59. The van der Waals surface area contributed by atoms with Crippen LogP contribution in [0.1, 0.15) is 11.7 Å². The average Bonchev–Trinajstić information content (AvgIpc) is 2.46. The van der Waals surface area contributed by atoms with Gasteiger partial charge in [0, 0.05) is 16.6 Å². The minimum atomic E-state index is -0.471. The van der Waals surface area contributed by atoms with Crippen molar-refractivity contribution in [1.29, 1.82) is 0 Å². The minimum Gasteiger partial charge on any atom is -0.496 e. The number of para-hydroxylation sites is 1. The largest absolute Gasteiger partial charge is 0.496 e. The van der Waals surface area contributed by atoms with Gasteiger partial charge in [-0.25, -0.2) is 4.39 Å². The van der Waals surface area contributed by atoms with Crippen LogP contribution in [0.2, 0.25) is 0 Å². The van der Waals surface area contributed by atoms with E-state index in [4.69, 9.17) is 15.2 Å². The first-order valence-electron chi connectivity index (χ1n) is 6.10. The summed E-state index contributed by atoms with van der Waals surface area (Å²) in [6.07, 6.45) is -0.471. The second-order valence-corrected chi connectivity index (χ2v) is 5.07. The Morgan fingerprint density at radius 2 is 1.95 bits per heavy atom. The molecule has 0 heterocycles. The van der Waals surface area contributed by atoms with Crippen LogP contribution in [-0.4, -0.2) is 13.7 Å². The van der Waals surface area contributed by atoms with Crippen molar-refractivity contribution in [1.82, 2.24) is 0 Å². The van der Waals surface area contributed by atoms with E-state index < -0.39 is 11.9 Å². The number of hydrogen-bond donors (Lipinski definition) is 1. The topological polar surface area (TPSA) is 44.5 Å². The van der Waals surface area contributed by atoms with E-state index in [1.807, 2.05) is 24.3 Å². The molecule has 5 heteroatoms. The fourth-order valence-corrected chi connectivity index (χ4v) is 2.23. The number of rotatable bonds is 5. The predicted octanol–water partition coefficient (Wildman–Crippen LogP) is 3.68. The number of benzene rings is 2. The van der Waals surface area contributed by atoms with Crippen molar-refractivity contribution < 1.29 is 13.9 Å². The Morgan fingerprint density at radius 1 is 1.20 bits per heavy atom. The van der Waals surface area contributed by atoms with Crippen molar-refractivity contribution in [2.45, 2.75) is 6.10 Å². The molecule has 0 saturated heterocycles. The summed E-state index contributed by atoms with van der Waals surface area (Å²) in [5, 5.41) is 0. The first-order chi connectivity index (χ1) is 9.65. The average molecular weight is 340 g/mol. The molecule has 0 bridgehead atoms. The highest BCUT2D eigenvalue weighted by Gasteiger charge is 2.17. The molecule has 3 nitrogen and oxygen atoms in total. The normalized spacial score (nSPS) is 12.0. The molecule has 2 aromatic rings. The molecule has 0 amide bonds. The van der Waals surface area contributed by atoms with Gasteiger partial charge in [-0.05, 0) is 24.3 Å². The third-order valence-electron chi connectivity index (χ3n) is 2.86. The zero-order chi connectivity index (χ0) is 14.5. The molecule has 2 N–H and O–H groups in total. The van der Waals surface area contributed by atoms with Crippen molar-refractivity contribution in [2.75, 3.05) is 13.7 Å². The third-order valence-corrected chi connectivity index (χ3v) is 3.36. The maximum atomic E-state index is 13.8. The molecule has 106 valence electrons. The van der Waals surface area contributed by atoms with Crippen LogP contribution in [-0.2, 0) is 0 Å². The Balaban J connectivity index is 2.29. The predicted molar refractivity (Wildman–Crippen MR) is 79.5 cm³/mol. The van der Waals surface area contributed by atoms with E-state index in [0.717, 1.165) is 5.56 Å². The Morgan fingerprint density at radius 3 is 2.60 bits per heavy atom. The van der Waals surface area contributed by atoms with E-state index in [1.54, 1.807) is 19.2 Å². The van der Waals surface area contributed by atoms with E-state index in [0.29, 0.717) is 10.2 Å². The number of halogens is 2. The summed E-state index contributed by atoms with van der Waals surface area (Å²) in [4.78, 5) is 0. The van der Waals surface area contributed by atoms with Gasteiger partial charge in [-0.2, -0.15) is 0 Å². The van der Waals surface area contributed by atoms with Crippen molar-refractivity contribution in [3.63, 3.8) is 0 Å². The standard InChI is InChI=1S/C15H15BrFNO2/c1-19-13-5-3-2-4-11(13)15(9-18)20-14-7-6-10(16)8-12(14)17/h2-8,15H,9,18H2,1H3. The van der Waals surface area contributed by atoms with Crippen LogP contribution in [0.5, 0.6) is 11.5 Å². The first kappa shape index (κ1) is 14.8. The number of nitrogens with two attached hydrogens (primary N) is 1. The monoisotopic (exact) mass is 339 g/mol. The highest BCUT2D eigenvalue weighted by Crippen LogP contribution is 2.30. The van der Waals surface area contributed by atoms with E-state index in [9.17, 15) is 4.39 Å². The summed E-state index contributed by atoms with van der Waals surface area (Å²) in [6, 6.07) is 12.0. The fourth-order valence-electron chi connectivity index (χ4n) is 1.90. The maximum Gasteiger partial charge on any atom is 0.166 e. The summed E-state index contributed by atoms with van der Waals surface area (Å²) in [5.74, 6) is 0.391. The van der Waals surface area contributed by atoms with Crippen LogP contribution in [0.4, 0.5) is 4.39 Å².